The van der Waals surface area contributed by atoms with E-state index in [0.29, 0.717) is 39.7 Å². The van der Waals surface area contributed by atoms with Crippen LogP contribution in [0.5, 0.6) is 11.5 Å². The third kappa shape index (κ3) is 5.10. The first-order valence-electron chi connectivity index (χ1n) is 7.71. The lowest BCUT2D eigenvalue weighted by atomic mass is 10.2. The Bertz CT molecular complexity index is 705. The SMILES string of the molecule is CCOc1cc(CNc2ccc(Cl)c(Cl)c2)c(Cl)cc1OC(C)C. The van der Waals surface area contributed by atoms with Crippen LogP contribution < -0.4 is 14.8 Å². The Morgan fingerprint density at radius 2 is 1.71 bits per heavy atom. The molecule has 0 atom stereocenters. The van der Waals surface area contributed by atoms with Crippen LogP contribution in [0.1, 0.15) is 26.3 Å². The molecule has 2 aromatic carbocycles. The quantitative estimate of drug-likeness (QED) is 0.591. The molecule has 0 aliphatic carbocycles. The molecule has 2 rings (SSSR count). The fourth-order valence-corrected chi connectivity index (χ4v) is 2.65. The molecule has 0 spiro atoms. The summed E-state index contributed by atoms with van der Waals surface area (Å²) in [4.78, 5) is 0. The molecular formula is C18H20Cl3NO2. The predicted octanol–water partition coefficient (Wildman–Crippen LogP) is 6.44. The number of benzene rings is 2. The largest absolute Gasteiger partial charge is 0.490 e. The van der Waals surface area contributed by atoms with Crippen molar-refractivity contribution >= 4 is 40.5 Å². The van der Waals surface area contributed by atoms with Crippen LogP contribution in [-0.2, 0) is 6.54 Å². The van der Waals surface area contributed by atoms with Crippen molar-refractivity contribution in [2.75, 3.05) is 11.9 Å². The van der Waals surface area contributed by atoms with E-state index in [0.717, 1.165) is 11.3 Å². The average Bonchev–Trinajstić information content (AvgIpc) is 2.51. The number of ether oxygens (including phenoxy) is 2. The highest BCUT2D eigenvalue weighted by Crippen LogP contribution is 2.35. The lowest BCUT2D eigenvalue weighted by Crippen LogP contribution is -2.08. The molecule has 3 nitrogen and oxygen atoms in total. The van der Waals surface area contributed by atoms with E-state index in [4.69, 9.17) is 44.3 Å². The maximum atomic E-state index is 6.38. The van der Waals surface area contributed by atoms with Crippen LogP contribution in [0.15, 0.2) is 30.3 Å². The first-order chi connectivity index (χ1) is 11.4. The van der Waals surface area contributed by atoms with Crippen molar-refractivity contribution in [2.24, 2.45) is 0 Å². The summed E-state index contributed by atoms with van der Waals surface area (Å²) in [5.74, 6) is 1.33. The summed E-state index contributed by atoms with van der Waals surface area (Å²) in [7, 11) is 0. The van der Waals surface area contributed by atoms with Gasteiger partial charge in [0.15, 0.2) is 11.5 Å². The zero-order chi connectivity index (χ0) is 17.7. The number of halogens is 3. The van der Waals surface area contributed by atoms with Crippen molar-refractivity contribution in [3.63, 3.8) is 0 Å². The van der Waals surface area contributed by atoms with E-state index in [1.165, 1.54) is 0 Å². The monoisotopic (exact) mass is 387 g/mol. The molecule has 0 aliphatic heterocycles. The lowest BCUT2D eigenvalue weighted by Gasteiger charge is -2.17. The topological polar surface area (TPSA) is 30.5 Å². The van der Waals surface area contributed by atoms with Crippen LogP contribution in [0, 0.1) is 0 Å². The molecule has 130 valence electrons. The first kappa shape index (κ1) is 19.0. The molecule has 0 unspecified atom stereocenters. The Morgan fingerprint density at radius 3 is 2.33 bits per heavy atom. The fraction of sp³-hybridized carbons (Fsp3) is 0.333. The Morgan fingerprint density at radius 1 is 0.958 bits per heavy atom. The highest BCUT2D eigenvalue weighted by molar-refractivity contribution is 6.42. The summed E-state index contributed by atoms with van der Waals surface area (Å²) < 4.78 is 11.4. The molecule has 0 fully saturated rings. The van der Waals surface area contributed by atoms with Crippen molar-refractivity contribution in [3.8, 4) is 11.5 Å². The second-order valence-corrected chi connectivity index (χ2v) is 6.69. The minimum Gasteiger partial charge on any atom is -0.490 e. The summed E-state index contributed by atoms with van der Waals surface area (Å²) in [6.45, 7) is 6.93. The molecule has 0 bridgehead atoms. The summed E-state index contributed by atoms with van der Waals surface area (Å²) in [6.07, 6.45) is 0.0421. The molecule has 0 saturated carbocycles. The second kappa shape index (κ2) is 8.70. The van der Waals surface area contributed by atoms with Crippen molar-refractivity contribution < 1.29 is 9.47 Å². The summed E-state index contributed by atoms with van der Waals surface area (Å²) in [5, 5.41) is 4.91. The van der Waals surface area contributed by atoms with Gasteiger partial charge in [-0.05, 0) is 50.6 Å². The van der Waals surface area contributed by atoms with Gasteiger partial charge >= 0.3 is 0 Å². The van der Waals surface area contributed by atoms with Gasteiger partial charge in [0.2, 0.25) is 0 Å². The van der Waals surface area contributed by atoms with Crippen LogP contribution in [0.3, 0.4) is 0 Å². The van der Waals surface area contributed by atoms with Gasteiger partial charge in [-0.15, -0.1) is 0 Å². The lowest BCUT2D eigenvalue weighted by molar-refractivity contribution is 0.224. The third-order valence-corrected chi connectivity index (χ3v) is 4.27. The number of hydrogen-bond acceptors (Lipinski definition) is 3. The standard InChI is InChI=1S/C18H20Cl3NO2/c1-4-23-17-7-12(15(20)9-18(17)24-11(2)3)10-22-13-5-6-14(19)16(21)8-13/h5-9,11,22H,4,10H2,1-3H3. The summed E-state index contributed by atoms with van der Waals surface area (Å²) in [6, 6.07) is 9.07. The zero-order valence-corrected chi connectivity index (χ0v) is 16.1. The average molecular weight is 389 g/mol. The van der Waals surface area contributed by atoms with Crippen LogP contribution >= 0.6 is 34.8 Å². The second-order valence-electron chi connectivity index (χ2n) is 5.47. The van der Waals surface area contributed by atoms with E-state index >= 15 is 0 Å². The maximum absolute atomic E-state index is 6.38. The van der Waals surface area contributed by atoms with E-state index in [9.17, 15) is 0 Å². The van der Waals surface area contributed by atoms with Crippen molar-refractivity contribution in [1.29, 1.82) is 0 Å². The predicted molar refractivity (Wildman–Crippen MR) is 102 cm³/mol. The number of nitrogens with one attached hydrogen (secondary N) is 1. The molecule has 1 N–H and O–H groups in total. The Balaban J connectivity index is 2.19. The van der Waals surface area contributed by atoms with Gasteiger partial charge in [0.1, 0.15) is 0 Å². The van der Waals surface area contributed by atoms with Crippen molar-refractivity contribution in [2.45, 2.75) is 33.4 Å². The van der Waals surface area contributed by atoms with Crippen molar-refractivity contribution in [1.82, 2.24) is 0 Å². The van der Waals surface area contributed by atoms with Crippen LogP contribution in [0.25, 0.3) is 0 Å². The van der Waals surface area contributed by atoms with Crippen LogP contribution in [0.2, 0.25) is 15.1 Å². The van der Waals surface area contributed by atoms with Gasteiger partial charge in [-0.3, -0.25) is 0 Å². The summed E-state index contributed by atoms with van der Waals surface area (Å²) >= 11 is 18.3. The Kier molecular flexibility index (Phi) is 6.90. The highest BCUT2D eigenvalue weighted by atomic mass is 35.5. The maximum Gasteiger partial charge on any atom is 0.163 e. The molecule has 0 amide bonds. The van der Waals surface area contributed by atoms with Crippen molar-refractivity contribution in [3.05, 3.63) is 51.0 Å². The number of rotatable bonds is 7. The minimum absolute atomic E-state index is 0.0421. The van der Waals surface area contributed by atoms with E-state index in [2.05, 4.69) is 5.32 Å². The van der Waals surface area contributed by atoms with Gasteiger partial charge in [0.25, 0.3) is 0 Å². The molecule has 0 heterocycles. The molecule has 2 aromatic rings. The molecule has 0 aromatic heterocycles. The molecule has 6 heteroatoms. The van der Waals surface area contributed by atoms with E-state index in [-0.39, 0.29) is 6.10 Å². The van der Waals surface area contributed by atoms with Gasteiger partial charge in [-0.25, -0.2) is 0 Å². The zero-order valence-electron chi connectivity index (χ0n) is 13.8. The Hall–Kier alpha value is -1.29. The van der Waals surface area contributed by atoms with Crippen LogP contribution in [-0.4, -0.2) is 12.7 Å². The van der Waals surface area contributed by atoms with Gasteiger partial charge in [-0.2, -0.15) is 0 Å². The molecular weight excluding hydrogens is 369 g/mol. The molecule has 0 saturated heterocycles. The smallest absolute Gasteiger partial charge is 0.163 e. The highest BCUT2D eigenvalue weighted by Gasteiger charge is 2.12. The van der Waals surface area contributed by atoms with E-state index < -0.39 is 0 Å². The number of anilines is 1. The first-order valence-corrected chi connectivity index (χ1v) is 8.85. The van der Waals surface area contributed by atoms with E-state index in [1.54, 1.807) is 18.2 Å². The number of hydrogen-bond donors (Lipinski definition) is 1. The molecule has 24 heavy (non-hydrogen) atoms. The third-order valence-electron chi connectivity index (χ3n) is 3.18. The molecule has 0 radical (unpaired) electrons. The normalized spacial score (nSPS) is 10.8. The van der Waals surface area contributed by atoms with Gasteiger partial charge in [0.05, 0.1) is 22.8 Å². The Labute approximate surface area is 157 Å². The van der Waals surface area contributed by atoms with E-state index in [1.807, 2.05) is 32.9 Å². The van der Waals surface area contributed by atoms with Crippen LogP contribution in [0.4, 0.5) is 5.69 Å². The minimum atomic E-state index is 0.0421. The van der Waals surface area contributed by atoms with Gasteiger partial charge < -0.3 is 14.8 Å². The summed E-state index contributed by atoms with van der Waals surface area (Å²) in [5.41, 5.74) is 1.77. The molecule has 0 aliphatic rings. The van der Waals surface area contributed by atoms with Gasteiger partial charge in [-0.1, -0.05) is 34.8 Å². The van der Waals surface area contributed by atoms with Gasteiger partial charge in [0, 0.05) is 23.3 Å². The fourth-order valence-electron chi connectivity index (χ4n) is 2.13.